The Morgan fingerprint density at radius 3 is 2.61 bits per heavy atom. The van der Waals surface area contributed by atoms with Gasteiger partial charge in [0, 0.05) is 10.9 Å². The van der Waals surface area contributed by atoms with Gasteiger partial charge in [-0.2, -0.15) is 0 Å². The largest absolute Gasteiger partial charge is 0.497 e. The number of amides is 1. The Labute approximate surface area is 177 Å². The molecule has 1 amide bonds. The zero-order valence-corrected chi connectivity index (χ0v) is 16.6. The van der Waals surface area contributed by atoms with Crippen molar-refractivity contribution in [2.24, 2.45) is 5.10 Å². The topological polar surface area (TPSA) is 92.5 Å². The van der Waals surface area contributed by atoms with Crippen LogP contribution in [0.25, 0.3) is 33.4 Å². The molecule has 0 spiro atoms. The molecule has 0 saturated heterocycles. The fourth-order valence-corrected chi connectivity index (χ4v) is 3.31. The second kappa shape index (κ2) is 7.79. The van der Waals surface area contributed by atoms with Crippen LogP contribution in [0.15, 0.2) is 88.4 Å². The molecular weight excluding hydrogens is 392 g/mol. The van der Waals surface area contributed by atoms with E-state index in [4.69, 9.17) is 9.15 Å². The van der Waals surface area contributed by atoms with Gasteiger partial charge < -0.3 is 14.1 Å². The lowest BCUT2D eigenvalue weighted by molar-refractivity contribution is 0.0951. The third kappa shape index (κ3) is 3.64. The van der Waals surface area contributed by atoms with E-state index in [1.54, 1.807) is 31.4 Å². The van der Waals surface area contributed by atoms with Crippen LogP contribution in [0, 0.1) is 0 Å². The molecule has 152 valence electrons. The van der Waals surface area contributed by atoms with Crippen molar-refractivity contribution < 1.29 is 13.9 Å². The molecule has 2 heterocycles. The summed E-state index contributed by atoms with van der Waals surface area (Å²) in [7, 11) is 1.57. The molecule has 5 aromatic rings. The Bertz CT molecular complexity index is 1430. The Balaban J connectivity index is 1.59. The van der Waals surface area contributed by atoms with Crippen LogP contribution in [-0.2, 0) is 0 Å². The van der Waals surface area contributed by atoms with Crippen molar-refractivity contribution >= 4 is 27.9 Å². The molecular formula is C24H18N4O3. The number of carbonyl (C=O) groups excluding carboxylic acids is 1. The average molecular weight is 410 g/mol. The molecule has 2 N–H and O–H groups in total. The van der Waals surface area contributed by atoms with Crippen LogP contribution in [-0.4, -0.2) is 23.0 Å². The van der Waals surface area contributed by atoms with Crippen LogP contribution >= 0.6 is 0 Å². The van der Waals surface area contributed by atoms with Gasteiger partial charge in [-0.05, 0) is 48.5 Å². The van der Waals surface area contributed by atoms with Gasteiger partial charge in [0.25, 0.3) is 5.91 Å². The second-order valence-corrected chi connectivity index (χ2v) is 6.89. The van der Waals surface area contributed by atoms with Crippen molar-refractivity contribution in [1.82, 2.24) is 15.4 Å². The first-order chi connectivity index (χ1) is 15.2. The van der Waals surface area contributed by atoms with Gasteiger partial charge in [0.15, 0.2) is 0 Å². The lowest BCUT2D eigenvalue weighted by atomic mass is 10.2. The van der Waals surface area contributed by atoms with E-state index in [2.05, 4.69) is 20.5 Å². The number of aromatic amines is 1. The number of nitrogens with one attached hydrogen (secondary N) is 2. The van der Waals surface area contributed by atoms with Crippen LogP contribution in [0.2, 0.25) is 0 Å². The maximum atomic E-state index is 12.6. The number of benzene rings is 3. The van der Waals surface area contributed by atoms with Crippen molar-refractivity contribution in [1.29, 1.82) is 0 Å². The number of ether oxygens (including phenoxy) is 1. The number of fused-ring (bicyclic) bond motifs is 2. The summed E-state index contributed by atoms with van der Waals surface area (Å²) in [6.45, 7) is 0. The third-order valence-corrected chi connectivity index (χ3v) is 4.91. The minimum Gasteiger partial charge on any atom is -0.497 e. The van der Waals surface area contributed by atoms with Gasteiger partial charge in [0.2, 0.25) is 5.55 Å². The molecule has 0 saturated carbocycles. The van der Waals surface area contributed by atoms with E-state index >= 15 is 0 Å². The van der Waals surface area contributed by atoms with Gasteiger partial charge >= 0.3 is 0 Å². The Morgan fingerprint density at radius 1 is 1.03 bits per heavy atom. The van der Waals surface area contributed by atoms with Gasteiger partial charge in [-0.25, -0.2) is 10.4 Å². The van der Waals surface area contributed by atoms with E-state index in [1.807, 2.05) is 54.6 Å². The van der Waals surface area contributed by atoms with Gasteiger partial charge in [0.1, 0.15) is 17.2 Å². The smallest absolute Gasteiger partial charge is 0.271 e. The maximum Gasteiger partial charge on any atom is 0.271 e. The third-order valence-electron chi connectivity index (χ3n) is 4.91. The predicted octanol–water partition coefficient (Wildman–Crippen LogP) is 4.23. The SMILES string of the molecule is COc1ccc(C(=O)N/N=c2\oc3ccccc3cc2-c2nc3ccccc3[nH]2)cc1. The van der Waals surface area contributed by atoms with E-state index in [0.717, 1.165) is 16.4 Å². The van der Waals surface area contributed by atoms with Crippen LogP contribution in [0.5, 0.6) is 5.75 Å². The summed E-state index contributed by atoms with van der Waals surface area (Å²) in [5.41, 5.74) is 6.31. The van der Waals surface area contributed by atoms with Gasteiger partial charge in [-0.1, -0.05) is 30.3 Å². The number of rotatable bonds is 4. The van der Waals surface area contributed by atoms with Crippen molar-refractivity contribution in [3.8, 4) is 17.1 Å². The lowest BCUT2D eigenvalue weighted by Gasteiger charge is -2.04. The maximum absolute atomic E-state index is 12.6. The van der Waals surface area contributed by atoms with E-state index in [0.29, 0.717) is 28.3 Å². The molecule has 3 aromatic carbocycles. The molecule has 2 aromatic heterocycles. The van der Waals surface area contributed by atoms with Crippen molar-refractivity contribution in [3.05, 3.63) is 90.0 Å². The standard InChI is InChI=1S/C24H18N4O3/c1-30-17-12-10-15(11-13-17)23(29)27-28-24-18(14-16-6-2-5-9-21(16)31-24)22-25-19-7-3-4-8-20(19)26-22/h2-14H,1H3,(H,25,26)(H,27,29)/b28-24-. The zero-order valence-electron chi connectivity index (χ0n) is 16.6. The average Bonchev–Trinajstić information content (AvgIpc) is 3.26. The fourth-order valence-electron chi connectivity index (χ4n) is 3.31. The highest BCUT2D eigenvalue weighted by Gasteiger charge is 2.12. The Hall–Kier alpha value is -4.39. The van der Waals surface area contributed by atoms with E-state index in [-0.39, 0.29) is 11.5 Å². The van der Waals surface area contributed by atoms with Crippen molar-refractivity contribution in [2.45, 2.75) is 0 Å². The van der Waals surface area contributed by atoms with Crippen LogP contribution in [0.4, 0.5) is 0 Å². The number of aromatic nitrogens is 2. The first kappa shape index (κ1) is 18.6. The second-order valence-electron chi connectivity index (χ2n) is 6.89. The number of hydrogen-bond acceptors (Lipinski definition) is 5. The summed E-state index contributed by atoms with van der Waals surface area (Å²) >= 11 is 0. The number of H-pyrrole nitrogens is 1. The highest BCUT2D eigenvalue weighted by molar-refractivity contribution is 5.94. The highest BCUT2D eigenvalue weighted by atomic mass is 16.5. The summed E-state index contributed by atoms with van der Waals surface area (Å²) in [6.07, 6.45) is 0. The molecule has 31 heavy (non-hydrogen) atoms. The quantitative estimate of drug-likeness (QED) is 0.434. The summed E-state index contributed by atoms with van der Waals surface area (Å²) in [4.78, 5) is 20.5. The predicted molar refractivity (Wildman–Crippen MR) is 117 cm³/mol. The minimum atomic E-state index is -0.360. The fraction of sp³-hybridized carbons (Fsp3) is 0.0417. The van der Waals surface area contributed by atoms with Crippen LogP contribution < -0.4 is 15.7 Å². The number of nitrogens with zero attached hydrogens (tertiary/aromatic N) is 2. The molecule has 0 aliphatic carbocycles. The normalized spacial score (nSPS) is 11.7. The zero-order chi connectivity index (χ0) is 21.2. The molecule has 0 bridgehead atoms. The number of methoxy groups -OCH3 is 1. The molecule has 0 aliphatic heterocycles. The van der Waals surface area contributed by atoms with Crippen LogP contribution in [0.1, 0.15) is 10.4 Å². The molecule has 7 heteroatoms. The van der Waals surface area contributed by atoms with Crippen LogP contribution in [0.3, 0.4) is 0 Å². The molecule has 7 nitrogen and oxygen atoms in total. The Kier molecular flexibility index (Phi) is 4.68. The molecule has 0 unspecified atom stereocenters. The molecule has 5 rings (SSSR count). The van der Waals surface area contributed by atoms with Gasteiger partial charge in [0.05, 0.1) is 23.7 Å². The molecule has 0 atom stereocenters. The lowest BCUT2D eigenvalue weighted by Crippen LogP contribution is -2.22. The Morgan fingerprint density at radius 2 is 1.81 bits per heavy atom. The van der Waals surface area contributed by atoms with E-state index in [9.17, 15) is 4.79 Å². The summed E-state index contributed by atoms with van der Waals surface area (Å²) in [5.74, 6) is 0.917. The first-order valence-corrected chi connectivity index (χ1v) is 9.67. The van der Waals surface area contributed by atoms with E-state index in [1.165, 1.54) is 0 Å². The summed E-state index contributed by atoms with van der Waals surface area (Å²) in [6, 6.07) is 24.1. The summed E-state index contributed by atoms with van der Waals surface area (Å²) in [5, 5.41) is 5.17. The van der Waals surface area contributed by atoms with E-state index < -0.39 is 0 Å². The highest BCUT2D eigenvalue weighted by Crippen LogP contribution is 2.21. The first-order valence-electron chi connectivity index (χ1n) is 9.67. The number of hydrogen-bond donors (Lipinski definition) is 2. The minimum absolute atomic E-state index is 0.250. The van der Waals surface area contributed by atoms with Gasteiger partial charge in [-0.3, -0.25) is 4.79 Å². The summed E-state index contributed by atoms with van der Waals surface area (Å²) < 4.78 is 11.1. The number of para-hydroxylation sites is 3. The monoisotopic (exact) mass is 410 g/mol. The number of imidazole rings is 1. The number of carbonyl (C=O) groups is 1. The molecule has 0 radical (unpaired) electrons. The molecule has 0 aliphatic rings. The molecule has 0 fully saturated rings. The van der Waals surface area contributed by atoms with Crippen molar-refractivity contribution in [2.75, 3.05) is 7.11 Å². The van der Waals surface area contributed by atoms with Crippen molar-refractivity contribution in [3.63, 3.8) is 0 Å². The van der Waals surface area contributed by atoms with Gasteiger partial charge in [-0.15, -0.1) is 5.10 Å².